The third-order valence-corrected chi connectivity index (χ3v) is 3.86. The fraction of sp³-hybridized carbons (Fsp3) is 0.417. The third-order valence-electron chi connectivity index (χ3n) is 3.07. The van der Waals surface area contributed by atoms with E-state index in [2.05, 4.69) is 21.1 Å². The molecule has 0 amide bonds. The zero-order chi connectivity index (χ0) is 13.2. The first-order valence-corrected chi connectivity index (χ1v) is 6.76. The zero-order valence-corrected chi connectivity index (χ0v) is 12.0. The van der Waals surface area contributed by atoms with Crippen molar-refractivity contribution in [3.63, 3.8) is 0 Å². The molecule has 0 bridgehead atoms. The van der Waals surface area contributed by atoms with Crippen molar-refractivity contribution in [2.45, 2.75) is 19.3 Å². The maximum absolute atomic E-state index is 8.58. The summed E-state index contributed by atoms with van der Waals surface area (Å²) in [5.41, 5.74) is 5.54. The number of nitrogens with two attached hydrogens (primary N) is 1. The zero-order valence-electron chi connectivity index (χ0n) is 9.70. The summed E-state index contributed by atoms with van der Waals surface area (Å²) in [6.07, 6.45) is 2.60. The van der Waals surface area contributed by atoms with Crippen LogP contribution in [0.4, 0.5) is 0 Å². The van der Waals surface area contributed by atoms with E-state index in [0.717, 1.165) is 17.3 Å². The molecule has 0 saturated heterocycles. The molecule has 6 heteroatoms. The Morgan fingerprint density at radius 3 is 2.83 bits per heavy atom. The quantitative estimate of drug-likeness (QED) is 0.375. The van der Waals surface area contributed by atoms with Crippen LogP contribution in [0.2, 0.25) is 5.02 Å². The summed E-state index contributed by atoms with van der Waals surface area (Å²) in [5.74, 6) is 0.906. The Labute approximate surface area is 119 Å². The average molecular weight is 334 g/mol. The van der Waals surface area contributed by atoms with Crippen LogP contribution in [0.1, 0.15) is 19.3 Å². The molecule has 3 N–H and O–H groups in total. The third kappa shape index (κ3) is 3.29. The first-order chi connectivity index (χ1) is 8.54. The molecule has 0 spiro atoms. The number of hydrogen-bond donors (Lipinski definition) is 2. The lowest BCUT2D eigenvalue weighted by Gasteiger charge is -2.16. The number of ether oxygens (including phenoxy) is 1. The van der Waals surface area contributed by atoms with Crippen LogP contribution in [0.5, 0.6) is 5.75 Å². The molecule has 0 aromatic heterocycles. The highest BCUT2D eigenvalue weighted by Gasteiger charge is 2.44. The van der Waals surface area contributed by atoms with Gasteiger partial charge in [0.2, 0.25) is 0 Å². The van der Waals surface area contributed by atoms with E-state index in [9.17, 15) is 0 Å². The van der Waals surface area contributed by atoms with Crippen LogP contribution in [0.15, 0.2) is 27.8 Å². The molecule has 1 aromatic rings. The van der Waals surface area contributed by atoms with Gasteiger partial charge in [-0.3, -0.25) is 0 Å². The highest BCUT2D eigenvalue weighted by Crippen LogP contribution is 2.49. The molecule has 1 aromatic carbocycles. The number of amidine groups is 1. The number of rotatable bonds is 5. The molecule has 1 saturated carbocycles. The molecular weight excluding hydrogens is 320 g/mol. The number of halogens is 2. The van der Waals surface area contributed by atoms with Crippen molar-refractivity contribution >= 4 is 33.4 Å². The lowest BCUT2D eigenvalue weighted by Crippen LogP contribution is -2.22. The average Bonchev–Trinajstić information content (AvgIpc) is 3.08. The lowest BCUT2D eigenvalue weighted by atomic mass is 10.0. The number of hydrogen-bond acceptors (Lipinski definition) is 3. The van der Waals surface area contributed by atoms with Crippen LogP contribution in [0, 0.1) is 5.41 Å². The van der Waals surface area contributed by atoms with Crippen LogP contribution in [-0.4, -0.2) is 17.6 Å². The topological polar surface area (TPSA) is 67.8 Å². The molecule has 1 aliphatic carbocycles. The minimum Gasteiger partial charge on any atom is -0.491 e. The maximum Gasteiger partial charge on any atom is 0.139 e. The number of benzene rings is 1. The van der Waals surface area contributed by atoms with Crippen LogP contribution in [0.25, 0.3) is 0 Å². The van der Waals surface area contributed by atoms with Crippen molar-refractivity contribution in [2.75, 3.05) is 6.61 Å². The standard InChI is InChI=1S/C12H14BrClN2O2/c13-8-1-2-10(9(14)5-8)18-7-12(3-4-12)6-11(15)16-17/h1-2,5,17H,3-4,6-7H2,(H2,15,16). The van der Waals surface area contributed by atoms with E-state index in [1.807, 2.05) is 12.1 Å². The van der Waals surface area contributed by atoms with E-state index in [0.29, 0.717) is 23.8 Å². The van der Waals surface area contributed by atoms with E-state index in [1.54, 1.807) is 6.07 Å². The van der Waals surface area contributed by atoms with Gasteiger partial charge in [0.1, 0.15) is 11.6 Å². The van der Waals surface area contributed by atoms with Gasteiger partial charge in [-0.1, -0.05) is 32.7 Å². The van der Waals surface area contributed by atoms with Gasteiger partial charge in [-0.05, 0) is 31.0 Å². The van der Waals surface area contributed by atoms with Gasteiger partial charge in [-0.15, -0.1) is 0 Å². The van der Waals surface area contributed by atoms with Crippen LogP contribution >= 0.6 is 27.5 Å². The predicted octanol–water partition coefficient (Wildman–Crippen LogP) is 3.40. The lowest BCUT2D eigenvalue weighted by molar-refractivity contribution is 0.236. The maximum atomic E-state index is 8.58. The monoisotopic (exact) mass is 332 g/mol. The predicted molar refractivity (Wildman–Crippen MR) is 74.3 cm³/mol. The Morgan fingerprint density at radius 1 is 1.56 bits per heavy atom. The number of oxime groups is 1. The Balaban J connectivity index is 1.95. The van der Waals surface area contributed by atoms with E-state index in [1.165, 1.54) is 0 Å². The van der Waals surface area contributed by atoms with Crippen molar-refractivity contribution in [3.05, 3.63) is 27.7 Å². The molecule has 0 unspecified atom stereocenters. The number of nitrogens with zero attached hydrogens (tertiary/aromatic N) is 1. The Bertz CT molecular complexity index is 475. The SMILES string of the molecule is NC(CC1(COc2ccc(Br)cc2Cl)CC1)=NO. The Kier molecular flexibility index (Phi) is 4.02. The second-order valence-electron chi connectivity index (χ2n) is 4.63. The second kappa shape index (κ2) is 5.36. The van der Waals surface area contributed by atoms with E-state index >= 15 is 0 Å². The minimum absolute atomic E-state index is 0.00666. The van der Waals surface area contributed by atoms with E-state index in [-0.39, 0.29) is 11.3 Å². The summed E-state index contributed by atoms with van der Waals surface area (Å²) in [6, 6.07) is 5.50. The van der Waals surface area contributed by atoms with Gasteiger partial charge in [0.15, 0.2) is 0 Å². The minimum atomic E-state index is 0.00666. The Hall–Kier alpha value is -0.940. The smallest absolute Gasteiger partial charge is 0.139 e. The molecule has 0 radical (unpaired) electrons. The van der Waals surface area contributed by atoms with Gasteiger partial charge in [0.05, 0.1) is 11.6 Å². The first-order valence-electron chi connectivity index (χ1n) is 5.59. The highest BCUT2D eigenvalue weighted by molar-refractivity contribution is 9.10. The van der Waals surface area contributed by atoms with Gasteiger partial charge < -0.3 is 15.7 Å². The summed E-state index contributed by atoms with van der Waals surface area (Å²) < 4.78 is 6.63. The van der Waals surface area contributed by atoms with Gasteiger partial charge in [0.25, 0.3) is 0 Å². The van der Waals surface area contributed by atoms with Crippen molar-refractivity contribution in [1.29, 1.82) is 0 Å². The fourth-order valence-corrected chi connectivity index (χ4v) is 2.52. The molecule has 1 aliphatic rings. The summed E-state index contributed by atoms with van der Waals surface area (Å²) in [4.78, 5) is 0. The molecule has 0 heterocycles. The van der Waals surface area contributed by atoms with Gasteiger partial charge in [-0.25, -0.2) is 0 Å². The highest BCUT2D eigenvalue weighted by atomic mass is 79.9. The molecule has 18 heavy (non-hydrogen) atoms. The Morgan fingerprint density at radius 2 is 2.28 bits per heavy atom. The van der Waals surface area contributed by atoms with Gasteiger partial charge in [0, 0.05) is 16.3 Å². The molecule has 0 aliphatic heterocycles. The van der Waals surface area contributed by atoms with E-state index < -0.39 is 0 Å². The van der Waals surface area contributed by atoms with Gasteiger partial charge >= 0.3 is 0 Å². The molecule has 98 valence electrons. The molecule has 0 atom stereocenters. The molecule has 1 fully saturated rings. The summed E-state index contributed by atoms with van der Waals surface area (Å²) in [7, 11) is 0. The van der Waals surface area contributed by atoms with Gasteiger partial charge in [-0.2, -0.15) is 0 Å². The van der Waals surface area contributed by atoms with Crippen LogP contribution in [0.3, 0.4) is 0 Å². The molecule has 2 rings (SSSR count). The van der Waals surface area contributed by atoms with Crippen molar-refractivity contribution in [1.82, 2.24) is 0 Å². The summed E-state index contributed by atoms with van der Waals surface area (Å²) >= 11 is 9.41. The summed E-state index contributed by atoms with van der Waals surface area (Å²) in [5, 5.41) is 12.2. The molecule has 4 nitrogen and oxygen atoms in total. The fourth-order valence-electron chi connectivity index (χ4n) is 1.79. The normalized spacial score (nSPS) is 17.6. The van der Waals surface area contributed by atoms with Crippen LogP contribution in [-0.2, 0) is 0 Å². The van der Waals surface area contributed by atoms with Crippen molar-refractivity contribution < 1.29 is 9.94 Å². The second-order valence-corrected chi connectivity index (χ2v) is 5.95. The summed E-state index contributed by atoms with van der Waals surface area (Å²) in [6.45, 7) is 0.532. The van der Waals surface area contributed by atoms with E-state index in [4.69, 9.17) is 27.3 Å². The largest absolute Gasteiger partial charge is 0.491 e. The first kappa shape index (κ1) is 13.5. The van der Waals surface area contributed by atoms with Crippen molar-refractivity contribution in [3.8, 4) is 5.75 Å². The van der Waals surface area contributed by atoms with Crippen molar-refractivity contribution in [2.24, 2.45) is 16.3 Å². The molecular formula is C12H14BrClN2O2. The van der Waals surface area contributed by atoms with Crippen LogP contribution < -0.4 is 10.5 Å².